The molecule has 3 saturated heterocycles. The Morgan fingerprint density at radius 3 is 2.62 bits per heavy atom. The van der Waals surface area contributed by atoms with E-state index in [9.17, 15) is 9.18 Å². The first kappa shape index (κ1) is 30.3. The Morgan fingerprint density at radius 1 is 1.09 bits per heavy atom. The summed E-state index contributed by atoms with van der Waals surface area (Å²) in [5, 5.41) is 3.42. The van der Waals surface area contributed by atoms with Crippen LogP contribution in [0.3, 0.4) is 0 Å². The van der Waals surface area contributed by atoms with Gasteiger partial charge >= 0.3 is 6.01 Å². The van der Waals surface area contributed by atoms with Crippen molar-refractivity contribution in [1.82, 2.24) is 30.1 Å². The van der Waals surface area contributed by atoms with Crippen molar-refractivity contribution < 1.29 is 18.3 Å². The van der Waals surface area contributed by atoms with Gasteiger partial charge in [0.1, 0.15) is 23.8 Å². The molecule has 0 radical (unpaired) electrons. The lowest BCUT2D eigenvalue weighted by Crippen LogP contribution is -2.44. The molecule has 0 spiro atoms. The van der Waals surface area contributed by atoms with Gasteiger partial charge < -0.3 is 25.6 Å². The minimum absolute atomic E-state index is 0.0413. The quantitative estimate of drug-likeness (QED) is 0.166. The maximum atomic E-state index is 16.8. The summed E-state index contributed by atoms with van der Waals surface area (Å²) in [6.07, 6.45) is 6.13. The Balaban J connectivity index is 1.35. The lowest BCUT2D eigenvalue weighted by molar-refractivity contribution is -0.109. The molecular weight excluding hydrogens is 622 g/mol. The molecule has 1 amide bonds. The summed E-state index contributed by atoms with van der Waals surface area (Å²) < 4.78 is 38.1. The van der Waals surface area contributed by atoms with Gasteiger partial charge in [0.05, 0.1) is 20.8 Å². The van der Waals surface area contributed by atoms with E-state index in [-0.39, 0.29) is 43.0 Å². The number of fused-ring (bicyclic) bond motifs is 3. The van der Waals surface area contributed by atoms with Crippen LogP contribution in [0.2, 0.25) is 5.02 Å². The zero-order valence-corrected chi connectivity index (χ0v) is 26.4. The number of benzene rings is 2. The number of nitrogens with zero attached hydrogens (tertiary/aromatic N) is 6. The third-order valence-electron chi connectivity index (χ3n) is 9.45. The molecule has 2 aromatic carbocycles. The number of carbonyl (C=O) groups excluding carboxylic acids is 1. The molecule has 0 aliphatic carbocycles. The number of halogens is 3. The summed E-state index contributed by atoms with van der Waals surface area (Å²) in [6, 6.07) is 4.46. The summed E-state index contributed by atoms with van der Waals surface area (Å²) in [5.74, 6) is -0.694. The third-order valence-corrected chi connectivity index (χ3v) is 10.6. The zero-order valence-electron chi connectivity index (χ0n) is 24.8. The van der Waals surface area contributed by atoms with Crippen molar-refractivity contribution >= 4 is 61.4 Å². The first-order valence-corrected chi connectivity index (χ1v) is 16.6. The number of amides is 1. The Hall–Kier alpha value is -3.39. The van der Waals surface area contributed by atoms with Crippen LogP contribution in [0.1, 0.15) is 32.1 Å². The molecule has 3 N–H and O–H groups in total. The van der Waals surface area contributed by atoms with Gasteiger partial charge in [-0.3, -0.25) is 9.69 Å². The standard InChI is InChI=1S/C31H35ClF2N8O2S/c32-21-16-20-25(24(34)23(21)19-4-5-22(33)27-26(19)37-29(35)45-27)38-30(44-17-31-6-1-11-42(31)12-2-7-31)39-28(20)41(13-8-36-18-43)15-14-40-9-3-10-40/h4-5,16,18H,1-3,6-15,17H2,(H2,35,37)(H,36,43). The second-order valence-corrected chi connectivity index (χ2v) is 13.5. The van der Waals surface area contributed by atoms with E-state index >= 15 is 4.39 Å². The number of nitrogen functional groups attached to an aromatic ring is 1. The van der Waals surface area contributed by atoms with Gasteiger partial charge in [-0.15, -0.1) is 0 Å². The predicted molar refractivity (Wildman–Crippen MR) is 173 cm³/mol. The Labute approximate surface area is 268 Å². The van der Waals surface area contributed by atoms with Gasteiger partial charge in [-0.25, -0.2) is 13.8 Å². The fourth-order valence-electron chi connectivity index (χ4n) is 7.02. The van der Waals surface area contributed by atoms with E-state index in [1.807, 2.05) is 4.90 Å². The van der Waals surface area contributed by atoms with E-state index in [0.717, 1.165) is 76.2 Å². The molecule has 0 atom stereocenters. The fraction of sp³-hybridized carbons (Fsp3) is 0.484. The average molecular weight is 657 g/mol. The summed E-state index contributed by atoms with van der Waals surface area (Å²) >= 11 is 7.83. The molecule has 2 aromatic heterocycles. The van der Waals surface area contributed by atoms with Gasteiger partial charge in [-0.1, -0.05) is 22.9 Å². The number of ether oxygens (including phenoxy) is 1. The van der Waals surface area contributed by atoms with Crippen LogP contribution in [-0.4, -0.2) is 95.7 Å². The van der Waals surface area contributed by atoms with Crippen molar-refractivity contribution in [2.45, 2.75) is 37.6 Å². The largest absolute Gasteiger partial charge is 0.461 e. The van der Waals surface area contributed by atoms with E-state index in [4.69, 9.17) is 27.1 Å². The number of nitrogens with one attached hydrogen (secondary N) is 1. The Kier molecular flexibility index (Phi) is 8.36. The molecular formula is C31H35ClF2N8O2S. The van der Waals surface area contributed by atoms with Gasteiger partial charge in [0.25, 0.3) is 0 Å². The third kappa shape index (κ3) is 5.64. The topological polar surface area (TPSA) is 113 Å². The van der Waals surface area contributed by atoms with Crippen molar-refractivity contribution in [3.8, 4) is 17.1 Å². The number of hydrogen-bond acceptors (Lipinski definition) is 10. The number of hydrogen-bond donors (Lipinski definition) is 2. The van der Waals surface area contributed by atoms with E-state index in [2.05, 4.69) is 25.1 Å². The van der Waals surface area contributed by atoms with E-state index in [1.54, 1.807) is 6.07 Å². The molecule has 7 rings (SSSR count). The van der Waals surface area contributed by atoms with Crippen LogP contribution in [0.5, 0.6) is 6.01 Å². The summed E-state index contributed by atoms with van der Waals surface area (Å²) in [7, 11) is 0. The first-order valence-electron chi connectivity index (χ1n) is 15.4. The fourth-order valence-corrected chi connectivity index (χ4v) is 8.07. The molecule has 0 bridgehead atoms. The molecule has 10 nitrogen and oxygen atoms in total. The van der Waals surface area contributed by atoms with Gasteiger partial charge in [0, 0.05) is 42.7 Å². The summed E-state index contributed by atoms with van der Waals surface area (Å²) in [4.78, 5) is 31.7. The second kappa shape index (κ2) is 12.4. The zero-order chi connectivity index (χ0) is 31.1. The van der Waals surface area contributed by atoms with E-state index in [0.29, 0.717) is 49.4 Å². The SMILES string of the molecule is Nc1nc2c(-c3c(Cl)cc4c(N(CCNC=O)CCN5CCC5)nc(OCC56CCCN5CCC6)nc4c3F)ccc(F)c2s1. The maximum absolute atomic E-state index is 16.8. The number of nitrogens with two attached hydrogens (primary N) is 1. The highest BCUT2D eigenvalue weighted by Crippen LogP contribution is 2.43. The van der Waals surface area contributed by atoms with Gasteiger partial charge in [-0.05, 0) is 76.5 Å². The van der Waals surface area contributed by atoms with Crippen molar-refractivity contribution in [3.63, 3.8) is 0 Å². The van der Waals surface area contributed by atoms with Crippen molar-refractivity contribution in [2.75, 3.05) is 69.6 Å². The van der Waals surface area contributed by atoms with E-state index in [1.165, 1.54) is 12.1 Å². The average Bonchev–Trinajstić information content (AvgIpc) is 3.70. The Bertz CT molecular complexity index is 1740. The molecule has 14 heteroatoms. The van der Waals surface area contributed by atoms with Crippen molar-refractivity contribution in [3.05, 3.63) is 34.9 Å². The van der Waals surface area contributed by atoms with Crippen molar-refractivity contribution in [2.24, 2.45) is 0 Å². The molecule has 45 heavy (non-hydrogen) atoms. The van der Waals surface area contributed by atoms with Crippen LogP contribution in [0, 0.1) is 11.6 Å². The van der Waals surface area contributed by atoms with Gasteiger partial charge in [-0.2, -0.15) is 9.97 Å². The molecule has 238 valence electrons. The van der Waals surface area contributed by atoms with Crippen molar-refractivity contribution in [1.29, 1.82) is 0 Å². The molecule has 3 aliphatic heterocycles. The number of likely N-dealkylation sites (tertiary alicyclic amines) is 1. The van der Waals surface area contributed by atoms with E-state index < -0.39 is 11.6 Å². The summed E-state index contributed by atoms with van der Waals surface area (Å²) in [5.41, 5.74) is 6.52. The molecule has 4 aromatic rings. The molecule has 3 fully saturated rings. The number of thiazole rings is 1. The minimum atomic E-state index is -0.680. The first-order chi connectivity index (χ1) is 21.9. The second-order valence-electron chi connectivity index (χ2n) is 12.1. The molecule has 0 unspecified atom stereocenters. The lowest BCUT2D eigenvalue weighted by atomic mass is 9.95. The van der Waals surface area contributed by atoms with Crippen LogP contribution in [0.15, 0.2) is 18.2 Å². The normalized spacial score (nSPS) is 17.9. The highest BCUT2D eigenvalue weighted by atomic mass is 35.5. The van der Waals surface area contributed by atoms with Gasteiger partial charge in [0.15, 0.2) is 10.9 Å². The highest BCUT2D eigenvalue weighted by molar-refractivity contribution is 7.22. The number of rotatable bonds is 12. The van der Waals surface area contributed by atoms with Crippen LogP contribution in [0.4, 0.5) is 19.7 Å². The smallest absolute Gasteiger partial charge is 0.319 e. The number of anilines is 2. The number of aromatic nitrogens is 3. The number of carbonyl (C=O) groups is 1. The lowest BCUT2D eigenvalue weighted by Gasteiger charge is -2.34. The van der Waals surface area contributed by atoms with Crippen LogP contribution in [-0.2, 0) is 4.79 Å². The molecule has 3 aliphatic rings. The highest BCUT2D eigenvalue weighted by Gasteiger charge is 2.45. The Morgan fingerprint density at radius 2 is 1.89 bits per heavy atom. The molecule has 0 saturated carbocycles. The van der Waals surface area contributed by atoms with Gasteiger partial charge in [0.2, 0.25) is 6.41 Å². The van der Waals surface area contributed by atoms with Crippen LogP contribution >= 0.6 is 22.9 Å². The predicted octanol–water partition coefficient (Wildman–Crippen LogP) is 4.69. The monoisotopic (exact) mass is 656 g/mol. The molecule has 5 heterocycles. The van der Waals surface area contributed by atoms with Crippen LogP contribution in [0.25, 0.3) is 32.2 Å². The summed E-state index contributed by atoms with van der Waals surface area (Å²) in [6.45, 7) is 6.75. The van der Waals surface area contributed by atoms with Crippen LogP contribution < -0.4 is 20.7 Å². The maximum Gasteiger partial charge on any atom is 0.319 e. The minimum Gasteiger partial charge on any atom is -0.461 e.